The van der Waals surface area contributed by atoms with E-state index in [4.69, 9.17) is 5.11 Å². The number of carbonyl (C=O) groups excluding carboxylic acids is 1. The minimum absolute atomic E-state index is 0.221. The highest BCUT2D eigenvalue weighted by atomic mass is 16.4. The lowest BCUT2D eigenvalue weighted by Crippen LogP contribution is -2.44. The van der Waals surface area contributed by atoms with Gasteiger partial charge in [-0.15, -0.1) is 0 Å². The number of likely N-dealkylation sites (N-methyl/N-ethyl adjacent to an activating group) is 1. The topological polar surface area (TPSA) is 81.7 Å². The molecule has 1 atom stereocenters. The normalized spacial score (nSPS) is 12.0. The molecular formula is C16H25N3O3. The van der Waals surface area contributed by atoms with E-state index in [0.29, 0.717) is 13.1 Å². The van der Waals surface area contributed by atoms with Gasteiger partial charge in [0.25, 0.3) is 0 Å². The fourth-order valence-electron chi connectivity index (χ4n) is 2.23. The van der Waals surface area contributed by atoms with E-state index in [1.807, 2.05) is 0 Å². The molecule has 0 radical (unpaired) electrons. The van der Waals surface area contributed by atoms with Gasteiger partial charge in [0, 0.05) is 19.1 Å². The Morgan fingerprint density at radius 1 is 1.14 bits per heavy atom. The summed E-state index contributed by atoms with van der Waals surface area (Å²) >= 11 is 0. The van der Waals surface area contributed by atoms with Gasteiger partial charge in [0.1, 0.15) is 0 Å². The van der Waals surface area contributed by atoms with E-state index in [0.717, 1.165) is 18.7 Å². The van der Waals surface area contributed by atoms with E-state index in [1.54, 1.807) is 12.1 Å². The monoisotopic (exact) mass is 307 g/mol. The Morgan fingerprint density at radius 3 is 2.23 bits per heavy atom. The van der Waals surface area contributed by atoms with Crippen LogP contribution in [0.3, 0.4) is 0 Å². The third-order valence-electron chi connectivity index (χ3n) is 3.65. The highest BCUT2D eigenvalue weighted by Gasteiger charge is 2.11. The summed E-state index contributed by atoms with van der Waals surface area (Å²) < 4.78 is 0. The molecule has 6 nitrogen and oxygen atoms in total. The van der Waals surface area contributed by atoms with Gasteiger partial charge < -0.3 is 15.7 Å². The maximum atomic E-state index is 11.8. The predicted molar refractivity (Wildman–Crippen MR) is 86.0 cm³/mol. The molecule has 0 unspecified atom stereocenters. The van der Waals surface area contributed by atoms with Gasteiger partial charge in [-0.05, 0) is 37.7 Å². The third-order valence-corrected chi connectivity index (χ3v) is 3.65. The number of urea groups is 1. The number of rotatable bonds is 8. The summed E-state index contributed by atoms with van der Waals surface area (Å²) in [5.41, 5.74) is 1.10. The Hall–Kier alpha value is -2.08. The van der Waals surface area contributed by atoms with Gasteiger partial charge in [-0.2, -0.15) is 0 Å². The number of carboxylic acid groups (broad SMARTS) is 1. The number of nitrogens with one attached hydrogen (secondary N) is 2. The van der Waals surface area contributed by atoms with Crippen LogP contribution in [0.4, 0.5) is 4.79 Å². The highest BCUT2D eigenvalue weighted by molar-refractivity contribution is 5.87. The Morgan fingerprint density at radius 2 is 1.73 bits per heavy atom. The second-order valence-electron chi connectivity index (χ2n) is 5.14. The molecule has 1 aromatic rings. The maximum Gasteiger partial charge on any atom is 0.335 e. The SMILES string of the molecule is CCN(CC)[C@H](C)CNC(=O)NCc1ccc(C(=O)O)cc1. The minimum atomic E-state index is -0.956. The predicted octanol–water partition coefficient (Wildman–Crippen LogP) is 1.91. The van der Waals surface area contributed by atoms with E-state index >= 15 is 0 Å². The van der Waals surface area contributed by atoms with Gasteiger partial charge >= 0.3 is 12.0 Å². The Kier molecular flexibility index (Phi) is 7.39. The molecule has 122 valence electrons. The molecule has 3 N–H and O–H groups in total. The Bertz CT molecular complexity index is 484. The molecule has 22 heavy (non-hydrogen) atoms. The molecule has 1 rings (SSSR count). The van der Waals surface area contributed by atoms with Crippen LogP contribution in [-0.4, -0.2) is 47.7 Å². The molecule has 6 heteroatoms. The molecular weight excluding hydrogens is 282 g/mol. The van der Waals surface area contributed by atoms with Crippen LogP contribution < -0.4 is 10.6 Å². The summed E-state index contributed by atoms with van der Waals surface area (Å²) in [7, 11) is 0. The number of benzene rings is 1. The summed E-state index contributed by atoms with van der Waals surface area (Å²) in [6, 6.07) is 6.51. The smallest absolute Gasteiger partial charge is 0.335 e. The van der Waals surface area contributed by atoms with Crippen LogP contribution in [0.25, 0.3) is 0 Å². The molecule has 0 saturated carbocycles. The first-order valence-corrected chi connectivity index (χ1v) is 7.55. The van der Waals surface area contributed by atoms with Crippen molar-refractivity contribution >= 4 is 12.0 Å². The lowest BCUT2D eigenvalue weighted by molar-refractivity contribution is 0.0697. The van der Waals surface area contributed by atoms with Crippen LogP contribution in [0.2, 0.25) is 0 Å². The molecule has 0 heterocycles. The summed E-state index contributed by atoms with van der Waals surface area (Å²) in [6.07, 6.45) is 0. The second-order valence-corrected chi connectivity index (χ2v) is 5.14. The van der Waals surface area contributed by atoms with Crippen molar-refractivity contribution < 1.29 is 14.7 Å². The second kappa shape index (κ2) is 9.04. The van der Waals surface area contributed by atoms with Crippen molar-refractivity contribution in [3.8, 4) is 0 Å². The van der Waals surface area contributed by atoms with Crippen molar-refractivity contribution in [3.05, 3.63) is 35.4 Å². The fraction of sp³-hybridized carbons (Fsp3) is 0.500. The number of amides is 2. The van der Waals surface area contributed by atoms with Gasteiger partial charge in [-0.3, -0.25) is 4.90 Å². The zero-order valence-corrected chi connectivity index (χ0v) is 13.4. The van der Waals surface area contributed by atoms with Crippen molar-refractivity contribution in [1.82, 2.24) is 15.5 Å². The molecule has 2 amide bonds. The van der Waals surface area contributed by atoms with Crippen LogP contribution in [0, 0.1) is 0 Å². The average molecular weight is 307 g/mol. The van der Waals surface area contributed by atoms with Gasteiger partial charge in [-0.25, -0.2) is 9.59 Å². The largest absolute Gasteiger partial charge is 0.478 e. The number of hydrogen-bond donors (Lipinski definition) is 3. The number of carboxylic acids is 1. The summed E-state index contributed by atoms with van der Waals surface area (Å²) in [4.78, 5) is 24.8. The molecule has 0 aliphatic rings. The molecule has 0 saturated heterocycles. The third kappa shape index (κ3) is 5.73. The standard InChI is InChI=1S/C16H25N3O3/c1-4-19(5-2)12(3)10-17-16(22)18-11-13-6-8-14(9-7-13)15(20)21/h6-9,12H,4-5,10-11H2,1-3H3,(H,20,21)(H2,17,18,22)/t12-/m1/s1. The molecule has 0 bridgehead atoms. The molecule has 0 fully saturated rings. The Balaban J connectivity index is 2.35. The van der Waals surface area contributed by atoms with E-state index in [9.17, 15) is 9.59 Å². The van der Waals surface area contributed by atoms with E-state index < -0.39 is 5.97 Å². The number of nitrogens with zero attached hydrogens (tertiary/aromatic N) is 1. The lowest BCUT2D eigenvalue weighted by atomic mass is 10.1. The first-order valence-electron chi connectivity index (χ1n) is 7.55. The molecule has 0 aliphatic carbocycles. The zero-order chi connectivity index (χ0) is 16.5. The highest BCUT2D eigenvalue weighted by Crippen LogP contribution is 2.04. The van der Waals surface area contributed by atoms with Crippen molar-refractivity contribution in [1.29, 1.82) is 0 Å². The molecule has 0 spiro atoms. The van der Waals surface area contributed by atoms with Crippen molar-refractivity contribution in [3.63, 3.8) is 0 Å². The van der Waals surface area contributed by atoms with Crippen molar-refractivity contribution in [2.75, 3.05) is 19.6 Å². The van der Waals surface area contributed by atoms with Crippen molar-refractivity contribution in [2.45, 2.75) is 33.4 Å². The fourth-order valence-corrected chi connectivity index (χ4v) is 2.23. The van der Waals surface area contributed by atoms with Gasteiger partial charge in [0.2, 0.25) is 0 Å². The van der Waals surface area contributed by atoms with Crippen LogP contribution >= 0.6 is 0 Å². The van der Waals surface area contributed by atoms with Crippen LogP contribution in [0.15, 0.2) is 24.3 Å². The summed E-state index contributed by atoms with van der Waals surface area (Å²) in [5, 5.41) is 14.4. The quantitative estimate of drug-likeness (QED) is 0.685. The molecule has 1 aromatic carbocycles. The molecule has 0 aliphatic heterocycles. The van der Waals surface area contributed by atoms with E-state index in [-0.39, 0.29) is 17.6 Å². The molecule has 0 aromatic heterocycles. The minimum Gasteiger partial charge on any atom is -0.478 e. The van der Waals surface area contributed by atoms with E-state index in [1.165, 1.54) is 12.1 Å². The first-order chi connectivity index (χ1) is 10.5. The summed E-state index contributed by atoms with van der Waals surface area (Å²) in [5.74, 6) is -0.956. The Labute approximate surface area is 131 Å². The van der Waals surface area contributed by atoms with Gasteiger partial charge in [-0.1, -0.05) is 26.0 Å². The van der Waals surface area contributed by atoms with Crippen LogP contribution in [0.5, 0.6) is 0 Å². The number of carbonyl (C=O) groups is 2. The van der Waals surface area contributed by atoms with Crippen LogP contribution in [-0.2, 0) is 6.54 Å². The average Bonchev–Trinajstić information content (AvgIpc) is 2.52. The number of aromatic carboxylic acids is 1. The summed E-state index contributed by atoms with van der Waals surface area (Å²) in [6.45, 7) is 9.14. The maximum absolute atomic E-state index is 11.8. The number of hydrogen-bond acceptors (Lipinski definition) is 3. The lowest BCUT2D eigenvalue weighted by Gasteiger charge is -2.26. The van der Waals surface area contributed by atoms with Gasteiger partial charge in [0.15, 0.2) is 0 Å². The van der Waals surface area contributed by atoms with Crippen LogP contribution in [0.1, 0.15) is 36.7 Å². The van der Waals surface area contributed by atoms with Crippen molar-refractivity contribution in [2.24, 2.45) is 0 Å². The zero-order valence-electron chi connectivity index (χ0n) is 13.4. The van der Waals surface area contributed by atoms with E-state index in [2.05, 4.69) is 36.3 Å². The first kappa shape index (κ1) is 18.0. The van der Waals surface area contributed by atoms with Gasteiger partial charge in [0.05, 0.1) is 5.56 Å².